The van der Waals surface area contributed by atoms with E-state index in [-0.39, 0.29) is 6.10 Å². The minimum Gasteiger partial charge on any atom is -0.393 e. The molecule has 0 atom stereocenters. The topological polar surface area (TPSA) is 35.5 Å². The van der Waals surface area contributed by atoms with E-state index in [0.29, 0.717) is 12.1 Å². The summed E-state index contributed by atoms with van der Waals surface area (Å²) in [5.41, 5.74) is 0. The van der Waals surface area contributed by atoms with E-state index < -0.39 is 0 Å². The van der Waals surface area contributed by atoms with Crippen molar-refractivity contribution >= 4 is 0 Å². The molecular formula is C11H22N2O. The van der Waals surface area contributed by atoms with Crippen molar-refractivity contribution in [1.82, 2.24) is 10.2 Å². The van der Waals surface area contributed by atoms with Gasteiger partial charge in [0.1, 0.15) is 0 Å². The Balaban J connectivity index is 1.81. The molecule has 2 rings (SSSR count). The molecule has 0 spiro atoms. The predicted molar refractivity (Wildman–Crippen MR) is 57.2 cm³/mol. The van der Waals surface area contributed by atoms with Gasteiger partial charge in [-0.05, 0) is 32.6 Å². The molecule has 3 nitrogen and oxygen atoms in total. The molecule has 1 heterocycles. The summed E-state index contributed by atoms with van der Waals surface area (Å²) in [5.74, 6) is 0.843. The van der Waals surface area contributed by atoms with E-state index >= 15 is 0 Å². The minimum absolute atomic E-state index is 0.0271. The number of hydrogen-bond donors (Lipinski definition) is 2. The Morgan fingerprint density at radius 2 is 2.00 bits per heavy atom. The molecule has 1 aliphatic heterocycles. The molecule has 3 heteroatoms. The molecule has 0 bridgehead atoms. The normalized spacial score (nSPS) is 33.2. The van der Waals surface area contributed by atoms with E-state index in [1.807, 2.05) is 0 Å². The predicted octanol–water partition coefficient (Wildman–Crippen LogP) is 0.439. The van der Waals surface area contributed by atoms with Crippen LogP contribution in [0.4, 0.5) is 0 Å². The first-order valence-electron chi connectivity index (χ1n) is 5.81. The number of aliphatic hydroxyl groups is 1. The molecule has 1 saturated heterocycles. The molecule has 0 aromatic heterocycles. The average Bonchev–Trinajstić information content (AvgIpc) is 1.97. The second-order valence-electron chi connectivity index (χ2n) is 5.09. The number of aliphatic hydroxyl groups excluding tert-OH is 1. The zero-order chi connectivity index (χ0) is 10.1. The first-order valence-corrected chi connectivity index (χ1v) is 5.81. The highest BCUT2D eigenvalue weighted by atomic mass is 16.3. The van der Waals surface area contributed by atoms with Crippen molar-refractivity contribution in [2.75, 3.05) is 19.6 Å². The van der Waals surface area contributed by atoms with Crippen LogP contribution in [0.15, 0.2) is 0 Å². The van der Waals surface area contributed by atoms with Crippen LogP contribution in [0.1, 0.15) is 26.7 Å². The van der Waals surface area contributed by atoms with Gasteiger partial charge in [0, 0.05) is 31.7 Å². The van der Waals surface area contributed by atoms with E-state index in [0.717, 1.165) is 18.8 Å². The molecule has 2 N–H and O–H groups in total. The highest BCUT2D eigenvalue weighted by Gasteiger charge is 2.35. The van der Waals surface area contributed by atoms with Gasteiger partial charge in [0.05, 0.1) is 6.10 Å². The molecule has 0 radical (unpaired) electrons. The van der Waals surface area contributed by atoms with Gasteiger partial charge in [-0.3, -0.25) is 4.90 Å². The largest absolute Gasteiger partial charge is 0.393 e. The minimum atomic E-state index is -0.0271. The van der Waals surface area contributed by atoms with Crippen LogP contribution in [-0.4, -0.2) is 47.8 Å². The Bertz CT molecular complexity index is 186. The zero-order valence-electron chi connectivity index (χ0n) is 9.24. The maximum atomic E-state index is 9.32. The Labute approximate surface area is 86.5 Å². The molecule has 0 amide bonds. The second kappa shape index (κ2) is 4.17. The first kappa shape index (κ1) is 10.4. The molecular weight excluding hydrogens is 176 g/mol. The van der Waals surface area contributed by atoms with Gasteiger partial charge in [-0.25, -0.2) is 0 Å². The molecule has 2 aliphatic rings. The van der Waals surface area contributed by atoms with Crippen molar-refractivity contribution in [2.45, 2.75) is 44.9 Å². The molecule has 1 aliphatic carbocycles. The smallest absolute Gasteiger partial charge is 0.0570 e. The highest BCUT2D eigenvalue weighted by molar-refractivity contribution is 4.90. The van der Waals surface area contributed by atoms with Crippen LogP contribution in [0.3, 0.4) is 0 Å². The van der Waals surface area contributed by atoms with Crippen LogP contribution in [0.5, 0.6) is 0 Å². The Morgan fingerprint density at radius 1 is 1.36 bits per heavy atom. The molecule has 0 aromatic carbocycles. The van der Waals surface area contributed by atoms with Crippen molar-refractivity contribution in [1.29, 1.82) is 0 Å². The Kier molecular flexibility index (Phi) is 3.10. The highest BCUT2D eigenvalue weighted by Crippen LogP contribution is 2.28. The number of nitrogens with one attached hydrogen (secondary N) is 1. The fraction of sp³-hybridized carbons (Fsp3) is 1.00. The molecule has 1 saturated carbocycles. The zero-order valence-corrected chi connectivity index (χ0v) is 9.24. The molecule has 2 fully saturated rings. The van der Waals surface area contributed by atoms with E-state index in [4.69, 9.17) is 0 Å². The Hall–Kier alpha value is -0.120. The molecule has 14 heavy (non-hydrogen) atoms. The lowest BCUT2D eigenvalue weighted by Crippen LogP contribution is -2.56. The summed E-state index contributed by atoms with van der Waals surface area (Å²) in [4.78, 5) is 2.57. The average molecular weight is 198 g/mol. The van der Waals surface area contributed by atoms with Gasteiger partial charge in [0.15, 0.2) is 0 Å². The molecule has 0 aromatic rings. The van der Waals surface area contributed by atoms with E-state index in [1.54, 1.807) is 0 Å². The van der Waals surface area contributed by atoms with Crippen LogP contribution < -0.4 is 5.32 Å². The number of nitrogens with zero attached hydrogens (tertiary/aromatic N) is 1. The van der Waals surface area contributed by atoms with Gasteiger partial charge in [-0.1, -0.05) is 0 Å². The summed E-state index contributed by atoms with van der Waals surface area (Å²) in [6.45, 7) is 8.09. The Morgan fingerprint density at radius 3 is 2.36 bits per heavy atom. The number of hydrogen-bond acceptors (Lipinski definition) is 3. The fourth-order valence-electron chi connectivity index (χ4n) is 2.39. The summed E-state index contributed by atoms with van der Waals surface area (Å²) < 4.78 is 0. The second-order valence-corrected chi connectivity index (χ2v) is 5.09. The van der Waals surface area contributed by atoms with Crippen molar-refractivity contribution in [3.63, 3.8) is 0 Å². The van der Waals surface area contributed by atoms with E-state index in [9.17, 15) is 5.11 Å². The van der Waals surface area contributed by atoms with Crippen LogP contribution in [0, 0.1) is 5.92 Å². The van der Waals surface area contributed by atoms with E-state index in [2.05, 4.69) is 24.1 Å². The summed E-state index contributed by atoms with van der Waals surface area (Å²) in [6, 6.07) is 1.26. The van der Waals surface area contributed by atoms with Crippen LogP contribution in [0.25, 0.3) is 0 Å². The monoisotopic (exact) mass is 198 g/mol. The van der Waals surface area contributed by atoms with Crippen molar-refractivity contribution in [3.8, 4) is 0 Å². The third kappa shape index (κ3) is 2.10. The molecule has 0 unspecified atom stereocenters. The van der Waals surface area contributed by atoms with Crippen molar-refractivity contribution in [3.05, 3.63) is 0 Å². The summed E-state index contributed by atoms with van der Waals surface area (Å²) >= 11 is 0. The van der Waals surface area contributed by atoms with Gasteiger partial charge in [-0.15, -0.1) is 0 Å². The van der Waals surface area contributed by atoms with Crippen molar-refractivity contribution in [2.24, 2.45) is 5.92 Å². The van der Waals surface area contributed by atoms with Crippen molar-refractivity contribution < 1.29 is 5.11 Å². The van der Waals surface area contributed by atoms with Crippen LogP contribution in [-0.2, 0) is 0 Å². The summed E-state index contributed by atoms with van der Waals surface area (Å²) in [6.07, 6.45) is 1.94. The van der Waals surface area contributed by atoms with Gasteiger partial charge in [-0.2, -0.15) is 0 Å². The maximum Gasteiger partial charge on any atom is 0.0570 e. The first-order chi connectivity index (χ1) is 6.66. The lowest BCUT2D eigenvalue weighted by atomic mass is 9.86. The SMILES string of the molecule is CC(C)N(CC1CNC1)C1CC(O)C1. The summed E-state index contributed by atoms with van der Waals surface area (Å²) in [7, 11) is 0. The third-order valence-corrected chi connectivity index (χ3v) is 3.56. The van der Waals surface area contributed by atoms with Gasteiger partial charge in [0.2, 0.25) is 0 Å². The summed E-state index contributed by atoms with van der Waals surface area (Å²) in [5, 5.41) is 12.6. The number of rotatable bonds is 4. The van der Waals surface area contributed by atoms with Crippen LogP contribution in [0.2, 0.25) is 0 Å². The van der Waals surface area contributed by atoms with Gasteiger partial charge in [0.25, 0.3) is 0 Å². The van der Waals surface area contributed by atoms with E-state index in [1.165, 1.54) is 19.6 Å². The van der Waals surface area contributed by atoms with Crippen LogP contribution >= 0.6 is 0 Å². The fourth-order valence-corrected chi connectivity index (χ4v) is 2.39. The van der Waals surface area contributed by atoms with Gasteiger partial charge < -0.3 is 10.4 Å². The standard InChI is InChI=1S/C11H22N2O/c1-8(2)13(7-9-5-12-6-9)10-3-11(14)4-10/h8-12,14H,3-7H2,1-2H3. The third-order valence-electron chi connectivity index (χ3n) is 3.56. The maximum absolute atomic E-state index is 9.32. The lowest BCUT2D eigenvalue weighted by Gasteiger charge is -2.45. The molecule has 82 valence electrons. The van der Waals surface area contributed by atoms with Gasteiger partial charge >= 0.3 is 0 Å². The quantitative estimate of drug-likeness (QED) is 0.688. The lowest BCUT2D eigenvalue weighted by molar-refractivity contribution is -0.0210.